The first-order valence-electron chi connectivity index (χ1n) is 3.46. The normalized spacial score (nSPS) is 11.4. The second-order valence-electron chi connectivity index (χ2n) is 2.53. The summed E-state index contributed by atoms with van der Waals surface area (Å²) in [6.45, 7) is 0. The van der Waals surface area contributed by atoms with Gasteiger partial charge in [0.25, 0.3) is 0 Å². The first-order chi connectivity index (χ1) is 6.32. The van der Waals surface area contributed by atoms with Crippen LogP contribution in [0.4, 0.5) is 13.2 Å². The molecular weight excluding hydrogens is 217 g/mol. The zero-order valence-corrected chi connectivity index (χ0v) is 7.56. The number of hydrogen-bond acceptors (Lipinski definition) is 2. The molecule has 6 heteroatoms. The molecule has 0 atom stereocenters. The molecule has 0 heterocycles. The van der Waals surface area contributed by atoms with Crippen molar-refractivity contribution in [3.05, 3.63) is 29.3 Å². The van der Waals surface area contributed by atoms with Gasteiger partial charge in [-0.05, 0) is 18.2 Å². The fraction of sp³-hybridized carbons (Fsp3) is 0.125. The van der Waals surface area contributed by atoms with Crippen molar-refractivity contribution in [3.8, 4) is 0 Å². The number of rotatable bonds is 1. The molecule has 0 saturated carbocycles. The Bertz CT molecular complexity index is 373. The molecule has 0 aromatic heterocycles. The Morgan fingerprint density at radius 2 is 1.93 bits per heavy atom. The number of hydrogen-bond donors (Lipinski definition) is 2. The third kappa shape index (κ3) is 2.20. The highest BCUT2D eigenvalue weighted by Crippen LogP contribution is 2.31. The average molecular weight is 222 g/mol. The number of alkyl halides is 3. The van der Waals surface area contributed by atoms with E-state index in [1.807, 2.05) is 0 Å². The van der Waals surface area contributed by atoms with Crippen LogP contribution in [0.1, 0.15) is 15.9 Å². The van der Waals surface area contributed by atoms with Crippen LogP contribution in [0.25, 0.3) is 0 Å². The molecule has 0 saturated heterocycles. The maximum Gasteiger partial charge on any atom is 0.416 e. The molecule has 1 aromatic rings. The predicted molar refractivity (Wildman–Crippen MR) is 45.7 cm³/mol. The summed E-state index contributed by atoms with van der Waals surface area (Å²) in [4.78, 5) is 10.5. The minimum Gasteiger partial charge on any atom is -0.478 e. The van der Waals surface area contributed by atoms with Crippen molar-refractivity contribution in [1.29, 1.82) is 0 Å². The number of carboxylic acid groups (broad SMARTS) is 1. The molecule has 0 fully saturated rings. The number of carbonyl (C=O) groups is 1. The Hall–Kier alpha value is -1.17. The smallest absolute Gasteiger partial charge is 0.416 e. The van der Waals surface area contributed by atoms with Crippen LogP contribution in [0.5, 0.6) is 0 Å². The minimum absolute atomic E-state index is 0.00509. The van der Waals surface area contributed by atoms with Crippen molar-refractivity contribution in [2.24, 2.45) is 0 Å². The third-order valence-corrected chi connectivity index (χ3v) is 1.94. The molecule has 0 bridgehead atoms. The van der Waals surface area contributed by atoms with Crippen molar-refractivity contribution in [2.75, 3.05) is 0 Å². The lowest BCUT2D eigenvalue weighted by molar-refractivity contribution is -0.137. The van der Waals surface area contributed by atoms with Gasteiger partial charge in [0, 0.05) is 4.90 Å². The standard InChI is InChI=1S/C8H5F3O2S/c9-8(10,11)4-1-2-6(14)5(3-4)7(12)13/h1-3,14H,(H,12,13). The molecule has 0 spiro atoms. The molecular formula is C8H5F3O2S. The Morgan fingerprint density at radius 1 is 1.36 bits per heavy atom. The fourth-order valence-corrected chi connectivity index (χ4v) is 1.12. The SMILES string of the molecule is O=C(O)c1cc(C(F)(F)F)ccc1S. The van der Waals surface area contributed by atoms with Gasteiger partial charge in [0.15, 0.2) is 0 Å². The number of aromatic carboxylic acids is 1. The molecule has 0 aliphatic carbocycles. The minimum atomic E-state index is -4.54. The van der Waals surface area contributed by atoms with Crippen molar-refractivity contribution in [3.63, 3.8) is 0 Å². The van der Waals surface area contributed by atoms with Gasteiger partial charge in [0.2, 0.25) is 0 Å². The van der Waals surface area contributed by atoms with Crippen molar-refractivity contribution < 1.29 is 23.1 Å². The number of halogens is 3. The van der Waals surface area contributed by atoms with Gasteiger partial charge in [0.05, 0.1) is 11.1 Å². The average Bonchev–Trinajstić information content (AvgIpc) is 2.02. The number of carboxylic acids is 1. The van der Waals surface area contributed by atoms with Crippen LogP contribution in [0.15, 0.2) is 23.1 Å². The largest absolute Gasteiger partial charge is 0.478 e. The van der Waals surface area contributed by atoms with Gasteiger partial charge in [0.1, 0.15) is 0 Å². The lowest BCUT2D eigenvalue weighted by atomic mass is 10.1. The predicted octanol–water partition coefficient (Wildman–Crippen LogP) is 2.69. The zero-order chi connectivity index (χ0) is 10.9. The monoisotopic (exact) mass is 222 g/mol. The van der Waals surface area contributed by atoms with Crippen LogP contribution in [-0.2, 0) is 6.18 Å². The lowest BCUT2D eigenvalue weighted by Crippen LogP contribution is -2.07. The van der Waals surface area contributed by atoms with Gasteiger partial charge >= 0.3 is 12.1 Å². The molecule has 76 valence electrons. The van der Waals surface area contributed by atoms with Crippen LogP contribution in [0.2, 0.25) is 0 Å². The van der Waals surface area contributed by atoms with Crippen LogP contribution in [-0.4, -0.2) is 11.1 Å². The van der Waals surface area contributed by atoms with E-state index < -0.39 is 23.3 Å². The quantitative estimate of drug-likeness (QED) is 0.717. The Balaban J connectivity index is 3.27. The van der Waals surface area contributed by atoms with Crippen molar-refractivity contribution in [2.45, 2.75) is 11.1 Å². The molecule has 1 N–H and O–H groups in total. The van der Waals surface area contributed by atoms with E-state index in [1.54, 1.807) is 0 Å². The molecule has 2 nitrogen and oxygen atoms in total. The molecule has 0 aliphatic rings. The van der Waals surface area contributed by atoms with Crippen LogP contribution in [0, 0.1) is 0 Å². The van der Waals surface area contributed by atoms with E-state index in [2.05, 4.69) is 12.6 Å². The maximum atomic E-state index is 12.1. The van der Waals surface area contributed by atoms with Crippen LogP contribution >= 0.6 is 12.6 Å². The summed E-state index contributed by atoms with van der Waals surface area (Å²) in [5, 5.41) is 8.54. The van der Waals surface area contributed by atoms with Gasteiger partial charge in [-0.25, -0.2) is 4.79 Å². The van der Waals surface area contributed by atoms with Gasteiger partial charge < -0.3 is 5.11 Å². The fourth-order valence-electron chi connectivity index (χ4n) is 0.884. The first kappa shape index (κ1) is 10.9. The van der Waals surface area contributed by atoms with Gasteiger partial charge in [-0.2, -0.15) is 13.2 Å². The van der Waals surface area contributed by atoms with E-state index in [-0.39, 0.29) is 4.90 Å². The summed E-state index contributed by atoms with van der Waals surface area (Å²) >= 11 is 3.73. The highest BCUT2D eigenvalue weighted by atomic mass is 32.1. The third-order valence-electron chi connectivity index (χ3n) is 1.55. The molecule has 14 heavy (non-hydrogen) atoms. The summed E-state index contributed by atoms with van der Waals surface area (Å²) < 4.78 is 36.4. The maximum absolute atomic E-state index is 12.1. The second kappa shape index (κ2) is 3.53. The lowest BCUT2D eigenvalue weighted by Gasteiger charge is -2.08. The first-order valence-corrected chi connectivity index (χ1v) is 3.90. The van der Waals surface area contributed by atoms with E-state index in [1.165, 1.54) is 0 Å². The molecule has 0 aliphatic heterocycles. The molecule has 1 rings (SSSR count). The summed E-state index contributed by atoms with van der Waals surface area (Å²) in [7, 11) is 0. The summed E-state index contributed by atoms with van der Waals surface area (Å²) in [5.41, 5.74) is -1.45. The van der Waals surface area contributed by atoms with E-state index in [4.69, 9.17) is 5.11 Å². The Labute approximate surface area is 82.8 Å². The van der Waals surface area contributed by atoms with Crippen LogP contribution in [0.3, 0.4) is 0 Å². The summed E-state index contributed by atoms with van der Waals surface area (Å²) in [6.07, 6.45) is -4.54. The van der Waals surface area contributed by atoms with Gasteiger partial charge in [-0.1, -0.05) is 0 Å². The van der Waals surface area contributed by atoms with E-state index >= 15 is 0 Å². The summed E-state index contributed by atoms with van der Waals surface area (Å²) in [6, 6.07) is 2.36. The molecule has 0 amide bonds. The zero-order valence-electron chi connectivity index (χ0n) is 6.67. The van der Waals surface area contributed by atoms with Crippen molar-refractivity contribution >= 4 is 18.6 Å². The Morgan fingerprint density at radius 3 is 2.36 bits per heavy atom. The highest BCUT2D eigenvalue weighted by molar-refractivity contribution is 7.80. The molecule has 1 aromatic carbocycles. The molecule has 0 radical (unpaired) electrons. The number of benzene rings is 1. The highest BCUT2D eigenvalue weighted by Gasteiger charge is 2.31. The van der Waals surface area contributed by atoms with Gasteiger partial charge in [-0.3, -0.25) is 0 Å². The van der Waals surface area contributed by atoms with E-state index in [0.29, 0.717) is 6.07 Å². The number of thiol groups is 1. The van der Waals surface area contributed by atoms with Crippen molar-refractivity contribution in [1.82, 2.24) is 0 Å². The topological polar surface area (TPSA) is 37.3 Å². The summed E-state index contributed by atoms with van der Waals surface area (Å²) in [5.74, 6) is -1.43. The Kier molecular flexibility index (Phi) is 2.75. The van der Waals surface area contributed by atoms with E-state index in [9.17, 15) is 18.0 Å². The second-order valence-corrected chi connectivity index (χ2v) is 3.02. The van der Waals surface area contributed by atoms with Crippen LogP contribution < -0.4 is 0 Å². The molecule has 0 unspecified atom stereocenters. The van der Waals surface area contributed by atoms with E-state index in [0.717, 1.165) is 12.1 Å². The van der Waals surface area contributed by atoms with Gasteiger partial charge in [-0.15, -0.1) is 12.6 Å².